The summed E-state index contributed by atoms with van der Waals surface area (Å²) in [7, 11) is 1.44. The van der Waals surface area contributed by atoms with Crippen molar-refractivity contribution in [1.29, 1.82) is 0 Å². The van der Waals surface area contributed by atoms with Gasteiger partial charge in [0.2, 0.25) is 0 Å². The number of aryl methyl sites for hydroxylation is 2. The maximum atomic E-state index is 12.1. The molecule has 3 unspecified atom stereocenters. The summed E-state index contributed by atoms with van der Waals surface area (Å²) in [4.78, 5) is 30.2. The number of hydrogen-bond acceptors (Lipinski definition) is 9. The van der Waals surface area contributed by atoms with Crippen LogP contribution in [0.25, 0.3) is 22.6 Å². The van der Waals surface area contributed by atoms with Crippen molar-refractivity contribution >= 4 is 22.9 Å². The molecule has 0 radical (unpaired) electrons. The van der Waals surface area contributed by atoms with Gasteiger partial charge in [-0.2, -0.15) is 0 Å². The van der Waals surface area contributed by atoms with E-state index in [1.165, 1.54) is 17.9 Å². The number of aromatic nitrogens is 5. The molecular formula is C25H27N7O4. The van der Waals surface area contributed by atoms with E-state index in [9.17, 15) is 15.0 Å². The summed E-state index contributed by atoms with van der Waals surface area (Å²) in [5.74, 6) is 0.360. The number of aliphatic hydroxyl groups is 2. The number of rotatable bonds is 6. The summed E-state index contributed by atoms with van der Waals surface area (Å²) in [5, 5.41) is 26.9. The highest BCUT2D eigenvalue weighted by Gasteiger charge is 2.47. The lowest BCUT2D eigenvalue weighted by molar-refractivity contribution is -0.137. The molecule has 4 N–H and O–H groups in total. The molecule has 5 rings (SSSR count). The lowest BCUT2D eigenvalue weighted by atomic mass is 10.1. The topological polar surface area (TPSA) is 147 Å². The fourth-order valence-electron chi connectivity index (χ4n) is 4.46. The van der Waals surface area contributed by atoms with Crippen molar-refractivity contribution in [3.8, 4) is 11.4 Å². The van der Waals surface area contributed by atoms with Crippen LogP contribution in [0, 0.1) is 13.8 Å². The summed E-state index contributed by atoms with van der Waals surface area (Å²) < 4.78 is 7.26. The zero-order valence-corrected chi connectivity index (χ0v) is 20.1. The highest BCUT2D eigenvalue weighted by molar-refractivity contribution is 5.85. The van der Waals surface area contributed by atoms with Gasteiger partial charge in [0.05, 0.1) is 6.33 Å². The summed E-state index contributed by atoms with van der Waals surface area (Å²) >= 11 is 0. The molecule has 0 spiro atoms. The van der Waals surface area contributed by atoms with Crippen LogP contribution < -0.4 is 10.6 Å². The number of imidazole rings is 1. The minimum atomic E-state index is -1.41. The second-order valence-electron chi connectivity index (χ2n) is 8.85. The van der Waals surface area contributed by atoms with Gasteiger partial charge in [0.15, 0.2) is 35.1 Å². The van der Waals surface area contributed by atoms with Gasteiger partial charge in [-0.05, 0) is 31.5 Å². The normalized spacial score (nSPS) is 21.6. The van der Waals surface area contributed by atoms with Crippen LogP contribution in [0.2, 0.25) is 0 Å². The summed E-state index contributed by atoms with van der Waals surface area (Å²) in [6, 6.07) is 9.94. The van der Waals surface area contributed by atoms with E-state index in [0.717, 1.165) is 16.7 Å². The number of ether oxygens (including phenoxy) is 1. The molecule has 1 aliphatic heterocycles. The summed E-state index contributed by atoms with van der Waals surface area (Å²) in [6.07, 6.45) is -0.301. The van der Waals surface area contributed by atoms with Crippen LogP contribution in [-0.2, 0) is 16.1 Å². The van der Waals surface area contributed by atoms with Crippen molar-refractivity contribution in [1.82, 2.24) is 29.8 Å². The number of carbonyl (C=O) groups is 1. The number of nitrogens with zero attached hydrogens (tertiary/aromatic N) is 5. The molecule has 0 bridgehead atoms. The Morgan fingerprint density at radius 3 is 2.61 bits per heavy atom. The van der Waals surface area contributed by atoms with Crippen LogP contribution in [0.3, 0.4) is 0 Å². The fraction of sp³-hybridized carbons (Fsp3) is 0.320. The van der Waals surface area contributed by atoms with Crippen LogP contribution in [0.5, 0.6) is 0 Å². The quantitative estimate of drug-likeness (QED) is 0.316. The first-order valence-electron chi connectivity index (χ1n) is 11.5. The minimum absolute atomic E-state index is 0.376. The van der Waals surface area contributed by atoms with Crippen molar-refractivity contribution < 1.29 is 19.7 Å². The number of hydrogen-bond donors (Lipinski definition) is 4. The van der Waals surface area contributed by atoms with E-state index in [4.69, 9.17) is 9.72 Å². The third-order valence-electron chi connectivity index (χ3n) is 6.10. The Morgan fingerprint density at radius 2 is 1.92 bits per heavy atom. The zero-order valence-electron chi connectivity index (χ0n) is 20.1. The first-order chi connectivity index (χ1) is 17.4. The van der Waals surface area contributed by atoms with Gasteiger partial charge in [0, 0.05) is 31.5 Å². The second-order valence-corrected chi connectivity index (χ2v) is 8.85. The minimum Gasteiger partial charge on any atom is -0.387 e. The fourth-order valence-corrected chi connectivity index (χ4v) is 4.46. The Balaban J connectivity index is 1.57. The lowest BCUT2D eigenvalue weighted by Crippen LogP contribution is -2.41. The number of amides is 1. The molecule has 1 aliphatic rings. The van der Waals surface area contributed by atoms with Crippen LogP contribution in [-0.4, -0.2) is 66.0 Å². The molecule has 4 atom stereocenters. The van der Waals surface area contributed by atoms with Gasteiger partial charge < -0.3 is 25.6 Å². The van der Waals surface area contributed by atoms with Crippen LogP contribution >= 0.6 is 0 Å². The molecule has 36 heavy (non-hydrogen) atoms. The molecule has 186 valence electrons. The number of anilines is 1. The first-order valence-corrected chi connectivity index (χ1v) is 11.5. The SMILES string of the molecule is CNC(=O)[C@H]1OC(n2cnc3c(NCc4cc(C)cc(C)c4)nc(-c4cccnc4)nc32)C(O)C1O. The maximum Gasteiger partial charge on any atom is 0.251 e. The van der Waals surface area contributed by atoms with Crippen molar-refractivity contribution in [2.75, 3.05) is 12.4 Å². The van der Waals surface area contributed by atoms with Gasteiger partial charge in [-0.1, -0.05) is 29.3 Å². The first kappa shape index (κ1) is 23.8. The number of fused-ring (bicyclic) bond motifs is 1. The molecule has 1 amide bonds. The van der Waals surface area contributed by atoms with E-state index in [0.29, 0.717) is 34.9 Å². The Morgan fingerprint density at radius 1 is 1.14 bits per heavy atom. The third-order valence-corrected chi connectivity index (χ3v) is 6.10. The van der Waals surface area contributed by atoms with Gasteiger partial charge in [-0.25, -0.2) is 15.0 Å². The molecule has 1 saturated heterocycles. The number of carbonyl (C=O) groups excluding carboxylic acids is 1. The van der Waals surface area contributed by atoms with Gasteiger partial charge in [0.25, 0.3) is 5.91 Å². The number of benzene rings is 1. The predicted molar refractivity (Wildman–Crippen MR) is 132 cm³/mol. The molecule has 11 heteroatoms. The molecule has 4 aromatic rings. The number of likely N-dealkylation sites (N-methyl/N-ethyl adjacent to an activating group) is 1. The molecule has 3 aromatic heterocycles. The van der Waals surface area contributed by atoms with Gasteiger partial charge in [-0.15, -0.1) is 0 Å². The van der Waals surface area contributed by atoms with E-state index >= 15 is 0 Å². The third kappa shape index (κ3) is 4.39. The molecule has 11 nitrogen and oxygen atoms in total. The number of pyridine rings is 1. The Labute approximate surface area is 207 Å². The second kappa shape index (κ2) is 9.61. The Hall–Kier alpha value is -3.93. The average Bonchev–Trinajstić information content (AvgIpc) is 3.42. The summed E-state index contributed by atoms with van der Waals surface area (Å²) in [5.41, 5.74) is 4.94. The molecular weight excluding hydrogens is 462 g/mol. The molecule has 1 fully saturated rings. The molecule has 1 aromatic carbocycles. The van der Waals surface area contributed by atoms with E-state index < -0.39 is 30.4 Å². The maximum absolute atomic E-state index is 12.1. The standard InChI is InChI=1S/C25H27N7O4/c1-13-7-14(2)9-15(8-13)10-28-22-17-23(31-21(30-22)16-5-4-6-27-11-16)32(12-29-17)25-19(34)18(33)20(36-25)24(35)26-3/h4-9,11-12,18-20,25,33-34H,10H2,1-3H3,(H,26,35)(H,28,30,31)/t18?,19?,20-,25?/m0/s1. The van der Waals surface area contributed by atoms with Crippen molar-refractivity contribution in [2.24, 2.45) is 0 Å². The molecule has 0 saturated carbocycles. The highest BCUT2D eigenvalue weighted by atomic mass is 16.6. The predicted octanol–water partition coefficient (Wildman–Crippen LogP) is 1.48. The lowest BCUT2D eigenvalue weighted by Gasteiger charge is -2.17. The smallest absolute Gasteiger partial charge is 0.251 e. The average molecular weight is 490 g/mol. The van der Waals surface area contributed by atoms with Gasteiger partial charge in [0.1, 0.15) is 12.2 Å². The highest BCUT2D eigenvalue weighted by Crippen LogP contribution is 2.33. The zero-order chi connectivity index (χ0) is 25.4. The number of aliphatic hydroxyl groups excluding tert-OH is 2. The van der Waals surface area contributed by atoms with Crippen molar-refractivity contribution in [2.45, 2.75) is 44.9 Å². The molecule has 0 aliphatic carbocycles. The largest absolute Gasteiger partial charge is 0.387 e. The van der Waals surface area contributed by atoms with Crippen LogP contribution in [0.15, 0.2) is 49.1 Å². The van der Waals surface area contributed by atoms with Crippen LogP contribution in [0.1, 0.15) is 22.9 Å². The monoisotopic (exact) mass is 489 g/mol. The van der Waals surface area contributed by atoms with Crippen molar-refractivity contribution in [3.05, 3.63) is 65.7 Å². The van der Waals surface area contributed by atoms with Crippen molar-refractivity contribution in [3.63, 3.8) is 0 Å². The Kier molecular flexibility index (Phi) is 6.35. The number of nitrogens with one attached hydrogen (secondary N) is 2. The van der Waals surface area contributed by atoms with Crippen LogP contribution in [0.4, 0.5) is 5.82 Å². The summed E-state index contributed by atoms with van der Waals surface area (Å²) in [6.45, 7) is 4.61. The van der Waals surface area contributed by atoms with E-state index in [2.05, 4.69) is 57.6 Å². The Bertz CT molecular complexity index is 1390. The van der Waals surface area contributed by atoms with E-state index in [1.807, 2.05) is 6.07 Å². The van der Waals surface area contributed by atoms with Gasteiger partial charge >= 0.3 is 0 Å². The van der Waals surface area contributed by atoms with Gasteiger partial charge in [-0.3, -0.25) is 14.3 Å². The van der Waals surface area contributed by atoms with E-state index in [-0.39, 0.29) is 0 Å². The van der Waals surface area contributed by atoms with E-state index in [1.54, 1.807) is 18.5 Å². The molecule has 4 heterocycles.